The van der Waals surface area contributed by atoms with E-state index in [-0.39, 0.29) is 18.0 Å². The lowest BCUT2D eigenvalue weighted by Gasteiger charge is -2.47. The van der Waals surface area contributed by atoms with E-state index in [4.69, 9.17) is 4.78 Å². The Bertz CT molecular complexity index is 1930. The number of alkyl halides is 3. The quantitative estimate of drug-likeness (QED) is 0.231. The summed E-state index contributed by atoms with van der Waals surface area (Å²) in [7, 11) is -6.80. The standard InChI is InChI=1S/C33H34F3N5O5S2/c1-39(25-11-3-2-4-12-25)48(44,45)40-21-28(38-47(37,43)27-19-17-26(18-20-27)46-33(34,35)36)32(42)31(22-40)41-29-13-7-5-9-23(29)15-16-24-10-6-8-14-30(24)41/h2-14,17-20,28,31-32,42H,15-16,21-22H2,1H3,(H2,37,38,43). The van der Waals surface area contributed by atoms with Crippen LogP contribution in [0, 0.1) is 4.78 Å². The van der Waals surface area contributed by atoms with Gasteiger partial charge in [0.05, 0.1) is 28.8 Å². The number of para-hydroxylation sites is 3. The topological polar surface area (TPSA) is 126 Å². The fourth-order valence-electron chi connectivity index (χ4n) is 6.25. The molecule has 0 saturated carbocycles. The van der Waals surface area contributed by atoms with E-state index in [0.717, 1.165) is 51.1 Å². The number of hydrogen-bond donors (Lipinski definition) is 3. The number of nitrogens with zero attached hydrogens (tertiary/aromatic N) is 3. The highest BCUT2D eigenvalue weighted by atomic mass is 32.2. The van der Waals surface area contributed by atoms with Gasteiger partial charge in [0.1, 0.15) is 15.7 Å². The zero-order chi connectivity index (χ0) is 34.3. The highest BCUT2D eigenvalue weighted by Crippen LogP contribution is 2.40. The molecule has 254 valence electrons. The minimum absolute atomic E-state index is 0.149. The van der Waals surface area contributed by atoms with E-state index in [1.54, 1.807) is 30.3 Å². The van der Waals surface area contributed by atoms with E-state index in [9.17, 15) is 30.9 Å². The van der Waals surface area contributed by atoms with Gasteiger partial charge in [0.25, 0.3) is 0 Å². The van der Waals surface area contributed by atoms with Gasteiger partial charge in [-0.2, -0.15) is 12.7 Å². The molecule has 48 heavy (non-hydrogen) atoms. The van der Waals surface area contributed by atoms with E-state index in [1.165, 1.54) is 11.4 Å². The van der Waals surface area contributed by atoms with Crippen molar-refractivity contribution in [1.82, 2.24) is 9.03 Å². The molecule has 1 fully saturated rings. The van der Waals surface area contributed by atoms with Crippen molar-refractivity contribution in [3.63, 3.8) is 0 Å². The molecule has 15 heteroatoms. The number of anilines is 3. The lowest BCUT2D eigenvalue weighted by atomic mass is 9.96. The van der Waals surface area contributed by atoms with Gasteiger partial charge in [-0.05, 0) is 72.5 Å². The van der Waals surface area contributed by atoms with Crippen molar-refractivity contribution in [1.29, 1.82) is 4.78 Å². The van der Waals surface area contributed by atoms with Gasteiger partial charge >= 0.3 is 16.6 Å². The maximum atomic E-state index is 14.2. The largest absolute Gasteiger partial charge is 0.573 e. The first-order chi connectivity index (χ1) is 22.7. The first-order valence-electron chi connectivity index (χ1n) is 15.1. The van der Waals surface area contributed by atoms with Gasteiger partial charge in [0, 0.05) is 31.5 Å². The van der Waals surface area contributed by atoms with Crippen LogP contribution in [0.5, 0.6) is 5.75 Å². The number of nitrogens with one attached hydrogen (secondary N) is 2. The fourth-order valence-corrected chi connectivity index (χ4v) is 8.97. The Labute approximate surface area is 277 Å². The molecule has 0 aromatic heterocycles. The van der Waals surface area contributed by atoms with Crippen LogP contribution in [0.2, 0.25) is 0 Å². The SMILES string of the molecule is CN(c1ccccc1)S(=O)(=O)N1CC(NS(=N)(=O)c2ccc(OC(F)(F)F)cc2)C(O)C(N2c3ccccc3CCc3ccccc32)C1. The van der Waals surface area contributed by atoms with Crippen LogP contribution >= 0.6 is 0 Å². The molecule has 2 heterocycles. The highest BCUT2D eigenvalue weighted by Gasteiger charge is 2.46. The monoisotopic (exact) mass is 701 g/mol. The van der Waals surface area contributed by atoms with Crippen LogP contribution in [0.3, 0.4) is 0 Å². The molecule has 0 bridgehead atoms. The number of piperidine rings is 1. The lowest BCUT2D eigenvalue weighted by Crippen LogP contribution is -2.66. The number of hydrogen-bond acceptors (Lipinski definition) is 7. The molecule has 0 spiro atoms. The number of aliphatic hydroxyl groups excluding tert-OH is 1. The maximum absolute atomic E-state index is 14.2. The molecule has 4 aromatic rings. The number of ether oxygens (including phenoxy) is 1. The minimum atomic E-state index is -4.93. The Morgan fingerprint density at radius 2 is 1.38 bits per heavy atom. The summed E-state index contributed by atoms with van der Waals surface area (Å²) in [5.41, 5.74) is 3.97. The Morgan fingerprint density at radius 3 is 1.94 bits per heavy atom. The van der Waals surface area contributed by atoms with Crippen molar-refractivity contribution in [2.24, 2.45) is 0 Å². The van der Waals surface area contributed by atoms with Gasteiger partial charge in [0.15, 0.2) is 0 Å². The number of benzene rings is 4. The van der Waals surface area contributed by atoms with Crippen LogP contribution < -0.4 is 18.7 Å². The van der Waals surface area contributed by atoms with Crippen molar-refractivity contribution in [3.8, 4) is 5.75 Å². The molecule has 6 rings (SSSR count). The van der Waals surface area contributed by atoms with Gasteiger partial charge in [-0.15, -0.1) is 13.2 Å². The van der Waals surface area contributed by atoms with Crippen molar-refractivity contribution < 1.29 is 35.6 Å². The van der Waals surface area contributed by atoms with E-state index >= 15 is 0 Å². The molecule has 1 saturated heterocycles. The van der Waals surface area contributed by atoms with Gasteiger partial charge in [-0.1, -0.05) is 54.6 Å². The zero-order valence-corrected chi connectivity index (χ0v) is 27.4. The molecule has 4 unspecified atom stereocenters. The van der Waals surface area contributed by atoms with E-state index in [1.807, 2.05) is 53.4 Å². The molecule has 0 amide bonds. The van der Waals surface area contributed by atoms with Crippen LogP contribution in [0.4, 0.5) is 30.2 Å². The summed E-state index contributed by atoms with van der Waals surface area (Å²) in [6, 6.07) is 25.7. The summed E-state index contributed by atoms with van der Waals surface area (Å²) >= 11 is 0. The summed E-state index contributed by atoms with van der Waals surface area (Å²) in [4.78, 5) is 1.75. The average molecular weight is 702 g/mol. The summed E-state index contributed by atoms with van der Waals surface area (Å²) < 4.78 is 98.0. The number of aryl methyl sites for hydroxylation is 2. The minimum Gasteiger partial charge on any atom is -0.406 e. The summed E-state index contributed by atoms with van der Waals surface area (Å²) in [5, 5.41) is 12.1. The summed E-state index contributed by atoms with van der Waals surface area (Å²) in [5.74, 6) is -0.557. The van der Waals surface area contributed by atoms with Crippen molar-refractivity contribution in [2.45, 2.75) is 42.3 Å². The Balaban J connectivity index is 1.41. The van der Waals surface area contributed by atoms with Crippen LogP contribution in [-0.2, 0) is 33.0 Å². The fraction of sp³-hybridized carbons (Fsp3) is 0.273. The summed E-state index contributed by atoms with van der Waals surface area (Å²) in [6.07, 6.45) is -4.87. The molecule has 2 aliphatic heterocycles. The predicted octanol–water partition coefficient (Wildman–Crippen LogP) is 5.23. The molecule has 4 aromatic carbocycles. The van der Waals surface area contributed by atoms with Crippen molar-refractivity contribution in [2.75, 3.05) is 29.3 Å². The first-order valence-corrected chi connectivity index (χ1v) is 18.0. The van der Waals surface area contributed by atoms with Crippen molar-refractivity contribution >= 4 is 37.2 Å². The van der Waals surface area contributed by atoms with Crippen LogP contribution in [-0.4, -0.2) is 66.7 Å². The Hall–Kier alpha value is -4.15. The maximum Gasteiger partial charge on any atom is 0.573 e. The second kappa shape index (κ2) is 13.0. The zero-order valence-electron chi connectivity index (χ0n) is 25.7. The van der Waals surface area contributed by atoms with Crippen LogP contribution in [0.15, 0.2) is 108 Å². The lowest BCUT2D eigenvalue weighted by molar-refractivity contribution is -0.274. The number of rotatable bonds is 8. The first kappa shape index (κ1) is 33.7. The third-order valence-electron chi connectivity index (χ3n) is 8.59. The van der Waals surface area contributed by atoms with Gasteiger partial charge < -0.3 is 14.7 Å². The third-order valence-corrected chi connectivity index (χ3v) is 12.0. The van der Waals surface area contributed by atoms with Gasteiger partial charge in [-0.25, -0.2) is 13.7 Å². The molecule has 3 N–H and O–H groups in total. The van der Waals surface area contributed by atoms with Crippen LogP contribution in [0.25, 0.3) is 0 Å². The average Bonchev–Trinajstić information content (AvgIpc) is 3.22. The Kier molecular flexibility index (Phi) is 9.17. The normalized spacial score (nSPS) is 21.4. The molecular weight excluding hydrogens is 668 g/mol. The van der Waals surface area contributed by atoms with Crippen LogP contribution in [0.1, 0.15) is 11.1 Å². The summed E-state index contributed by atoms with van der Waals surface area (Å²) in [6.45, 7) is -0.496. The second-order valence-electron chi connectivity index (χ2n) is 11.6. The molecule has 0 radical (unpaired) electrons. The third kappa shape index (κ3) is 6.87. The molecular formula is C33H34F3N5O5S2. The number of fused-ring (bicyclic) bond motifs is 2. The van der Waals surface area contributed by atoms with E-state index < -0.39 is 50.4 Å². The molecule has 4 atom stereocenters. The second-order valence-corrected chi connectivity index (χ2v) is 15.4. The highest BCUT2D eigenvalue weighted by molar-refractivity contribution is 7.91. The number of halogens is 3. The number of aliphatic hydroxyl groups is 1. The van der Waals surface area contributed by atoms with Gasteiger partial charge in [0.2, 0.25) is 0 Å². The smallest absolute Gasteiger partial charge is 0.406 e. The molecule has 0 aliphatic carbocycles. The Morgan fingerprint density at radius 1 is 0.833 bits per heavy atom. The molecule has 10 nitrogen and oxygen atoms in total. The van der Waals surface area contributed by atoms with E-state index in [0.29, 0.717) is 18.5 Å². The van der Waals surface area contributed by atoms with Crippen molar-refractivity contribution in [3.05, 3.63) is 114 Å². The van der Waals surface area contributed by atoms with Gasteiger partial charge in [-0.3, -0.25) is 4.31 Å². The predicted molar refractivity (Wildman–Crippen MR) is 177 cm³/mol. The van der Waals surface area contributed by atoms with E-state index in [2.05, 4.69) is 9.46 Å². The molecule has 2 aliphatic rings.